The number of anilines is 1. The van der Waals surface area contributed by atoms with Gasteiger partial charge in [-0.2, -0.15) is 0 Å². The number of hydrogen-bond donors (Lipinski definition) is 1. The van der Waals surface area contributed by atoms with Crippen molar-refractivity contribution in [2.75, 3.05) is 38.0 Å². The van der Waals surface area contributed by atoms with Crippen molar-refractivity contribution in [1.29, 1.82) is 0 Å². The van der Waals surface area contributed by atoms with E-state index in [-0.39, 0.29) is 5.91 Å². The predicted molar refractivity (Wildman–Crippen MR) is 161 cm³/mol. The van der Waals surface area contributed by atoms with E-state index in [9.17, 15) is 4.79 Å². The van der Waals surface area contributed by atoms with Gasteiger partial charge in [0.1, 0.15) is 0 Å². The highest BCUT2D eigenvalue weighted by molar-refractivity contribution is 7.09. The Labute approximate surface area is 233 Å². The number of imidazole rings is 1. The van der Waals surface area contributed by atoms with Crippen LogP contribution in [0.2, 0.25) is 0 Å². The lowest BCUT2D eigenvalue weighted by Gasteiger charge is -2.24. The molecule has 6 nitrogen and oxygen atoms in total. The molecule has 38 heavy (non-hydrogen) atoms. The first-order valence-electron chi connectivity index (χ1n) is 14.7. The number of nitrogens with one attached hydrogen (secondary N) is 1. The Hall–Kier alpha value is -2.38. The fourth-order valence-corrected chi connectivity index (χ4v) is 5.78. The molecule has 2 aromatic heterocycles. The Morgan fingerprint density at radius 1 is 1.03 bits per heavy atom. The van der Waals surface area contributed by atoms with E-state index in [0.29, 0.717) is 11.8 Å². The van der Waals surface area contributed by atoms with E-state index in [4.69, 9.17) is 4.98 Å². The third-order valence-corrected chi connectivity index (χ3v) is 8.42. The lowest BCUT2D eigenvalue weighted by Crippen LogP contribution is -2.34. The number of carbonyl (C=O) groups is 1. The molecular formula is C31H47N5OS. The van der Waals surface area contributed by atoms with Crippen molar-refractivity contribution in [3.8, 4) is 0 Å². The number of likely N-dealkylation sites (tertiary alicyclic amines) is 1. The molecule has 0 bridgehead atoms. The average molecular weight is 538 g/mol. The molecule has 4 rings (SSSR count). The number of hydrogen-bond acceptors (Lipinski definition) is 5. The molecule has 7 heteroatoms. The molecule has 1 aromatic carbocycles. The van der Waals surface area contributed by atoms with E-state index in [1.54, 1.807) is 11.3 Å². The monoisotopic (exact) mass is 537 g/mol. The first-order valence-corrected chi connectivity index (χ1v) is 15.6. The van der Waals surface area contributed by atoms with Gasteiger partial charge in [-0.15, -0.1) is 11.3 Å². The number of amides is 1. The molecule has 3 heterocycles. The van der Waals surface area contributed by atoms with Crippen LogP contribution in [-0.2, 0) is 13.1 Å². The largest absolute Gasteiger partial charge is 0.351 e. The van der Waals surface area contributed by atoms with Crippen LogP contribution in [0.15, 0.2) is 35.7 Å². The smallest absolute Gasteiger partial charge is 0.253 e. The van der Waals surface area contributed by atoms with Crippen LogP contribution in [0, 0.1) is 11.8 Å². The molecule has 1 fully saturated rings. The Balaban J connectivity index is 1.54. The Morgan fingerprint density at radius 2 is 1.74 bits per heavy atom. The molecule has 208 valence electrons. The Kier molecular flexibility index (Phi) is 10.6. The number of nitrogens with zero attached hydrogens (tertiary/aromatic N) is 4. The predicted octanol–water partition coefficient (Wildman–Crippen LogP) is 7.12. The number of thiophene rings is 1. The molecule has 1 amide bonds. The van der Waals surface area contributed by atoms with Gasteiger partial charge in [0.25, 0.3) is 5.91 Å². The highest BCUT2D eigenvalue weighted by Gasteiger charge is 2.19. The van der Waals surface area contributed by atoms with E-state index in [1.807, 2.05) is 12.1 Å². The quantitative estimate of drug-likeness (QED) is 0.210. The van der Waals surface area contributed by atoms with E-state index in [2.05, 4.69) is 71.0 Å². The normalized spacial score (nSPS) is 14.3. The number of carbonyl (C=O) groups excluding carboxylic acids is 1. The fraction of sp³-hybridized carbons (Fsp3) is 0.613. The summed E-state index contributed by atoms with van der Waals surface area (Å²) in [5.74, 6) is 2.19. The van der Waals surface area contributed by atoms with Gasteiger partial charge in [-0.25, -0.2) is 4.98 Å². The van der Waals surface area contributed by atoms with Gasteiger partial charge >= 0.3 is 0 Å². The summed E-state index contributed by atoms with van der Waals surface area (Å²) in [5.41, 5.74) is 2.78. The lowest BCUT2D eigenvalue weighted by atomic mass is 10.1. The summed E-state index contributed by atoms with van der Waals surface area (Å²) >= 11 is 1.76. The molecule has 1 N–H and O–H groups in total. The second-order valence-corrected chi connectivity index (χ2v) is 12.7. The van der Waals surface area contributed by atoms with Gasteiger partial charge in [0, 0.05) is 30.1 Å². The SMILES string of the molecule is CC(C)CCN(CCC(C)C)C(=O)c1ccc2nc(NCc3cccs3)n(CCCCN3CCCC3)c2c1. The first kappa shape index (κ1) is 28.6. The summed E-state index contributed by atoms with van der Waals surface area (Å²) in [6.07, 6.45) is 7.01. The zero-order valence-corrected chi connectivity index (χ0v) is 24.7. The van der Waals surface area contributed by atoms with Crippen molar-refractivity contribution >= 4 is 34.2 Å². The summed E-state index contributed by atoms with van der Waals surface area (Å²) in [4.78, 5) is 24.6. The Morgan fingerprint density at radius 3 is 2.39 bits per heavy atom. The minimum absolute atomic E-state index is 0.142. The summed E-state index contributed by atoms with van der Waals surface area (Å²) in [6, 6.07) is 10.3. The van der Waals surface area contributed by atoms with E-state index < -0.39 is 0 Å². The van der Waals surface area contributed by atoms with Gasteiger partial charge in [0.15, 0.2) is 0 Å². The van der Waals surface area contributed by atoms with Crippen LogP contribution in [0.5, 0.6) is 0 Å². The molecule has 0 atom stereocenters. The van der Waals surface area contributed by atoms with Gasteiger partial charge < -0.3 is 19.7 Å². The topological polar surface area (TPSA) is 53.4 Å². The maximum Gasteiger partial charge on any atom is 0.253 e. The van der Waals surface area contributed by atoms with Crippen LogP contribution >= 0.6 is 11.3 Å². The first-order chi connectivity index (χ1) is 18.4. The molecule has 0 radical (unpaired) electrons. The van der Waals surface area contributed by atoms with E-state index in [0.717, 1.165) is 68.0 Å². The van der Waals surface area contributed by atoms with Gasteiger partial charge in [0.2, 0.25) is 5.95 Å². The van der Waals surface area contributed by atoms with Crippen LogP contribution in [0.3, 0.4) is 0 Å². The second kappa shape index (κ2) is 14.1. The molecule has 3 aromatic rings. The highest BCUT2D eigenvalue weighted by atomic mass is 32.1. The maximum absolute atomic E-state index is 13.7. The van der Waals surface area contributed by atoms with Crippen molar-refractivity contribution in [3.05, 3.63) is 46.2 Å². The molecule has 0 unspecified atom stereocenters. The number of benzene rings is 1. The van der Waals surface area contributed by atoms with Gasteiger partial charge in [-0.3, -0.25) is 4.79 Å². The lowest BCUT2D eigenvalue weighted by molar-refractivity contribution is 0.0741. The van der Waals surface area contributed by atoms with Crippen molar-refractivity contribution in [2.45, 2.75) is 79.3 Å². The molecule has 0 aliphatic carbocycles. The van der Waals surface area contributed by atoms with E-state index in [1.165, 1.54) is 43.8 Å². The van der Waals surface area contributed by atoms with Crippen LogP contribution in [0.4, 0.5) is 5.95 Å². The zero-order valence-electron chi connectivity index (χ0n) is 23.9. The number of aromatic nitrogens is 2. The minimum atomic E-state index is 0.142. The second-order valence-electron chi connectivity index (χ2n) is 11.6. The average Bonchev–Trinajstić information content (AvgIpc) is 3.66. The molecule has 1 aliphatic rings. The fourth-order valence-electron chi connectivity index (χ4n) is 5.13. The highest BCUT2D eigenvalue weighted by Crippen LogP contribution is 2.24. The summed E-state index contributed by atoms with van der Waals surface area (Å²) in [7, 11) is 0. The molecule has 0 spiro atoms. The molecule has 1 saturated heterocycles. The van der Waals surface area contributed by atoms with Crippen LogP contribution in [0.1, 0.15) is 81.5 Å². The number of rotatable bonds is 15. The van der Waals surface area contributed by atoms with Gasteiger partial charge in [-0.1, -0.05) is 33.8 Å². The van der Waals surface area contributed by atoms with Crippen molar-refractivity contribution in [1.82, 2.24) is 19.4 Å². The molecular weight excluding hydrogens is 490 g/mol. The van der Waals surface area contributed by atoms with Crippen molar-refractivity contribution in [3.63, 3.8) is 0 Å². The standard InChI is InChI=1S/C31H47N5OS/c1-24(2)13-19-35(20-14-25(3)4)30(37)26-11-12-28-29(22-26)36(18-8-7-17-34-15-5-6-16-34)31(33-28)32-23-27-10-9-21-38-27/h9-12,21-22,24-25H,5-8,13-20,23H2,1-4H3,(H,32,33). The molecule has 1 aliphatic heterocycles. The number of unbranched alkanes of at least 4 members (excludes halogenated alkanes) is 1. The van der Waals surface area contributed by atoms with Gasteiger partial charge in [0.05, 0.1) is 17.6 Å². The maximum atomic E-state index is 13.7. The summed E-state index contributed by atoms with van der Waals surface area (Å²) in [6.45, 7) is 15.9. The zero-order chi connectivity index (χ0) is 26.9. The number of aryl methyl sites for hydroxylation is 1. The van der Waals surface area contributed by atoms with Crippen LogP contribution < -0.4 is 5.32 Å². The summed E-state index contributed by atoms with van der Waals surface area (Å²) in [5, 5.41) is 5.69. The van der Waals surface area contributed by atoms with Crippen molar-refractivity contribution < 1.29 is 4.79 Å². The van der Waals surface area contributed by atoms with E-state index >= 15 is 0 Å². The minimum Gasteiger partial charge on any atom is -0.351 e. The number of fused-ring (bicyclic) bond motifs is 1. The van der Waals surface area contributed by atoms with Crippen LogP contribution in [-0.4, -0.2) is 58.0 Å². The third-order valence-electron chi connectivity index (χ3n) is 7.54. The Bertz CT molecular complexity index is 1120. The molecule has 0 saturated carbocycles. The van der Waals surface area contributed by atoms with Crippen LogP contribution in [0.25, 0.3) is 11.0 Å². The van der Waals surface area contributed by atoms with Crippen molar-refractivity contribution in [2.24, 2.45) is 11.8 Å². The van der Waals surface area contributed by atoms with Gasteiger partial charge in [-0.05, 0) is 99.6 Å². The summed E-state index contributed by atoms with van der Waals surface area (Å²) < 4.78 is 2.30. The third kappa shape index (κ3) is 8.06.